The number of rotatable bonds is 6. The van der Waals surface area contributed by atoms with Crippen molar-refractivity contribution in [3.8, 4) is 11.1 Å². The van der Waals surface area contributed by atoms with Gasteiger partial charge in [0.05, 0.1) is 5.92 Å². The summed E-state index contributed by atoms with van der Waals surface area (Å²) in [5, 5.41) is 7.08. The van der Waals surface area contributed by atoms with Crippen LogP contribution in [0.2, 0.25) is 0 Å². The first-order valence-electron chi connectivity index (χ1n) is 8.56. The summed E-state index contributed by atoms with van der Waals surface area (Å²) in [5.41, 5.74) is 8.34. The molecule has 1 saturated heterocycles. The third-order valence-corrected chi connectivity index (χ3v) is 5.31. The number of thiophene rings is 1. The van der Waals surface area contributed by atoms with Gasteiger partial charge >= 0.3 is 0 Å². The van der Waals surface area contributed by atoms with Gasteiger partial charge in [0, 0.05) is 25.2 Å². The van der Waals surface area contributed by atoms with Crippen LogP contribution in [0, 0.1) is 5.92 Å². The molecule has 6 heteroatoms. The average molecular weight is 357 g/mol. The van der Waals surface area contributed by atoms with Crippen molar-refractivity contribution < 1.29 is 9.59 Å². The van der Waals surface area contributed by atoms with E-state index in [1.54, 1.807) is 11.3 Å². The van der Waals surface area contributed by atoms with Gasteiger partial charge in [0.1, 0.15) is 0 Å². The van der Waals surface area contributed by atoms with E-state index in [2.05, 4.69) is 21.7 Å². The van der Waals surface area contributed by atoms with E-state index in [1.807, 2.05) is 29.6 Å². The maximum atomic E-state index is 12.3. The van der Waals surface area contributed by atoms with Gasteiger partial charge in [-0.05, 0) is 59.5 Å². The first-order valence-corrected chi connectivity index (χ1v) is 9.50. The highest BCUT2D eigenvalue weighted by atomic mass is 32.1. The van der Waals surface area contributed by atoms with Gasteiger partial charge in [-0.2, -0.15) is 11.3 Å². The molecule has 1 fully saturated rings. The summed E-state index contributed by atoms with van der Waals surface area (Å²) in [5.74, 6) is -0.353. The Kier molecular flexibility index (Phi) is 5.83. The zero-order valence-electron chi connectivity index (χ0n) is 14.1. The first-order chi connectivity index (χ1) is 12.1. The summed E-state index contributed by atoms with van der Waals surface area (Å²) in [4.78, 5) is 25.8. The molecule has 132 valence electrons. The first kappa shape index (κ1) is 17.6. The summed E-state index contributed by atoms with van der Waals surface area (Å²) in [6.45, 7) is 2.95. The summed E-state index contributed by atoms with van der Waals surface area (Å²) in [6, 6.07) is 9.72. The van der Waals surface area contributed by atoms with Crippen molar-refractivity contribution in [2.45, 2.75) is 12.8 Å². The number of primary amides is 1. The number of carbonyl (C=O) groups is 2. The highest BCUT2D eigenvalue weighted by Crippen LogP contribution is 2.22. The van der Waals surface area contributed by atoms with E-state index in [0.29, 0.717) is 18.7 Å². The van der Waals surface area contributed by atoms with Crippen molar-refractivity contribution >= 4 is 23.2 Å². The number of amides is 2. The fourth-order valence-corrected chi connectivity index (χ4v) is 3.83. The van der Waals surface area contributed by atoms with Crippen LogP contribution in [0.15, 0.2) is 41.1 Å². The Morgan fingerprint density at radius 3 is 2.68 bits per heavy atom. The van der Waals surface area contributed by atoms with Gasteiger partial charge in [0.25, 0.3) is 5.91 Å². The van der Waals surface area contributed by atoms with Crippen LogP contribution >= 0.6 is 11.3 Å². The molecule has 0 spiro atoms. The monoisotopic (exact) mass is 357 g/mol. The van der Waals surface area contributed by atoms with Gasteiger partial charge in [-0.15, -0.1) is 0 Å². The van der Waals surface area contributed by atoms with Crippen LogP contribution in [0.4, 0.5) is 0 Å². The van der Waals surface area contributed by atoms with Crippen LogP contribution < -0.4 is 11.1 Å². The van der Waals surface area contributed by atoms with E-state index in [1.165, 1.54) is 5.56 Å². The Morgan fingerprint density at radius 2 is 2.00 bits per heavy atom. The third kappa shape index (κ3) is 4.67. The van der Waals surface area contributed by atoms with E-state index < -0.39 is 0 Å². The Hall–Kier alpha value is -2.18. The number of nitrogens with one attached hydrogen (secondary N) is 1. The molecular formula is C19H23N3O2S. The van der Waals surface area contributed by atoms with Crippen LogP contribution in [-0.4, -0.2) is 42.9 Å². The second kappa shape index (κ2) is 8.27. The second-order valence-corrected chi connectivity index (χ2v) is 7.17. The average Bonchev–Trinajstić information content (AvgIpc) is 3.17. The van der Waals surface area contributed by atoms with Gasteiger partial charge in [-0.25, -0.2) is 0 Å². The molecule has 25 heavy (non-hydrogen) atoms. The number of nitrogens with two attached hydrogens (primary N) is 1. The minimum Gasteiger partial charge on any atom is -0.369 e. The minimum absolute atomic E-state index is 0.0610. The maximum absolute atomic E-state index is 12.3. The van der Waals surface area contributed by atoms with Gasteiger partial charge in [0.15, 0.2) is 0 Å². The molecular weight excluding hydrogens is 334 g/mol. The lowest BCUT2D eigenvalue weighted by molar-refractivity contribution is -0.123. The number of benzene rings is 1. The largest absolute Gasteiger partial charge is 0.369 e. The van der Waals surface area contributed by atoms with E-state index >= 15 is 0 Å². The van der Waals surface area contributed by atoms with E-state index in [9.17, 15) is 9.59 Å². The summed E-state index contributed by atoms with van der Waals surface area (Å²) >= 11 is 1.66. The van der Waals surface area contributed by atoms with Crippen LogP contribution in [-0.2, 0) is 4.79 Å². The molecule has 0 radical (unpaired) electrons. The molecule has 0 unspecified atom stereocenters. The summed E-state index contributed by atoms with van der Waals surface area (Å²) in [7, 11) is 0. The van der Waals surface area contributed by atoms with E-state index in [-0.39, 0.29) is 17.7 Å². The van der Waals surface area contributed by atoms with Crippen molar-refractivity contribution in [3.63, 3.8) is 0 Å². The van der Waals surface area contributed by atoms with Gasteiger partial charge < -0.3 is 16.0 Å². The molecule has 1 aromatic carbocycles. The molecule has 1 atom stereocenters. The molecule has 1 aromatic heterocycles. The highest BCUT2D eigenvalue weighted by Gasteiger charge is 2.23. The zero-order chi connectivity index (χ0) is 17.6. The fraction of sp³-hybridized carbons (Fsp3) is 0.368. The number of nitrogens with zero attached hydrogens (tertiary/aromatic N) is 1. The standard InChI is InChI=1S/C19H23N3O2S/c20-18(23)16-2-1-9-22(12-16)10-8-21-19(24)15-5-3-14(4-6-15)17-7-11-25-13-17/h3-7,11,13,16H,1-2,8-10,12H2,(H2,20,23)(H,21,24)/t16-/m1/s1. The van der Waals surface area contributed by atoms with Crippen LogP contribution in [0.25, 0.3) is 11.1 Å². The van der Waals surface area contributed by atoms with Crippen LogP contribution in [0.1, 0.15) is 23.2 Å². The van der Waals surface area contributed by atoms with Gasteiger partial charge in [-0.1, -0.05) is 12.1 Å². The molecule has 1 aliphatic rings. The molecule has 2 amide bonds. The summed E-state index contributed by atoms with van der Waals surface area (Å²) in [6.07, 6.45) is 1.85. The predicted octanol–water partition coefficient (Wildman–Crippen LogP) is 2.34. The molecule has 0 saturated carbocycles. The van der Waals surface area contributed by atoms with Gasteiger partial charge in [0.2, 0.25) is 5.91 Å². The lowest BCUT2D eigenvalue weighted by Crippen LogP contribution is -2.44. The quantitative estimate of drug-likeness (QED) is 0.833. The number of hydrogen-bond acceptors (Lipinski definition) is 4. The van der Waals surface area contributed by atoms with Crippen molar-refractivity contribution in [1.82, 2.24) is 10.2 Å². The van der Waals surface area contributed by atoms with Crippen molar-refractivity contribution in [1.29, 1.82) is 0 Å². The van der Waals surface area contributed by atoms with Crippen molar-refractivity contribution in [2.75, 3.05) is 26.2 Å². The fourth-order valence-electron chi connectivity index (χ4n) is 3.16. The Morgan fingerprint density at radius 1 is 1.20 bits per heavy atom. The molecule has 5 nitrogen and oxygen atoms in total. The Bertz CT molecular complexity index is 713. The normalized spacial score (nSPS) is 18.0. The van der Waals surface area contributed by atoms with E-state index in [4.69, 9.17) is 5.73 Å². The van der Waals surface area contributed by atoms with Gasteiger partial charge in [-0.3, -0.25) is 9.59 Å². The minimum atomic E-state index is -0.223. The van der Waals surface area contributed by atoms with Crippen molar-refractivity contribution in [2.24, 2.45) is 11.7 Å². The number of hydrogen-bond donors (Lipinski definition) is 2. The van der Waals surface area contributed by atoms with Crippen molar-refractivity contribution in [3.05, 3.63) is 46.7 Å². The SMILES string of the molecule is NC(=O)[C@@H]1CCCN(CCNC(=O)c2ccc(-c3ccsc3)cc2)C1. The van der Waals surface area contributed by atoms with Crippen LogP contribution in [0.5, 0.6) is 0 Å². The lowest BCUT2D eigenvalue weighted by Gasteiger charge is -2.31. The predicted molar refractivity (Wildman–Crippen MR) is 100 cm³/mol. The molecule has 0 bridgehead atoms. The Labute approximate surface area is 151 Å². The van der Waals surface area contributed by atoms with E-state index in [0.717, 1.165) is 31.5 Å². The second-order valence-electron chi connectivity index (χ2n) is 6.39. The summed E-state index contributed by atoms with van der Waals surface area (Å²) < 4.78 is 0. The highest BCUT2D eigenvalue weighted by molar-refractivity contribution is 7.08. The third-order valence-electron chi connectivity index (χ3n) is 4.62. The number of carbonyl (C=O) groups excluding carboxylic acids is 2. The molecule has 2 aromatic rings. The number of likely N-dealkylation sites (tertiary alicyclic amines) is 1. The molecule has 1 aliphatic heterocycles. The zero-order valence-corrected chi connectivity index (χ0v) is 14.9. The Balaban J connectivity index is 1.47. The molecule has 2 heterocycles. The molecule has 0 aliphatic carbocycles. The maximum Gasteiger partial charge on any atom is 0.251 e. The smallest absolute Gasteiger partial charge is 0.251 e. The molecule has 3 rings (SSSR count). The lowest BCUT2D eigenvalue weighted by atomic mass is 9.97. The van der Waals surface area contributed by atoms with Crippen LogP contribution in [0.3, 0.4) is 0 Å². The molecule has 3 N–H and O–H groups in total. The number of piperidine rings is 1. The topological polar surface area (TPSA) is 75.4 Å².